The lowest BCUT2D eigenvalue weighted by Crippen LogP contribution is -2.19. The Kier molecular flexibility index (Phi) is 7.06. The van der Waals surface area contributed by atoms with Gasteiger partial charge < -0.3 is 14.3 Å². The third-order valence-electron chi connectivity index (χ3n) is 3.79. The number of aliphatic carboxylic acids is 1. The Morgan fingerprint density at radius 1 is 1.30 bits per heavy atom. The largest absolute Gasteiger partial charge is 0.496 e. The molecule has 8 heteroatoms. The number of carboxylic acids is 1. The van der Waals surface area contributed by atoms with Gasteiger partial charge in [-0.25, -0.2) is 5.43 Å². The Bertz CT molecular complexity index is 873. The molecule has 2 aromatic rings. The average Bonchev–Trinajstić information content (AvgIpc) is 2.97. The average molecular weight is 390 g/mol. The van der Waals surface area contributed by atoms with Crippen molar-refractivity contribution in [1.82, 2.24) is 5.43 Å². The van der Waals surface area contributed by atoms with E-state index < -0.39 is 5.97 Å². The van der Waals surface area contributed by atoms with Crippen molar-refractivity contribution < 1.29 is 23.8 Å². The summed E-state index contributed by atoms with van der Waals surface area (Å²) in [6.07, 6.45) is 0. The fourth-order valence-electron chi connectivity index (χ4n) is 2.48. The number of thioether (sulfide) groups is 1. The van der Waals surface area contributed by atoms with Crippen LogP contribution in [0.2, 0.25) is 0 Å². The molecular weight excluding hydrogens is 368 g/mol. The summed E-state index contributed by atoms with van der Waals surface area (Å²) in [5.41, 5.74) is 5.27. The first-order valence-corrected chi connectivity index (χ1v) is 9.35. The van der Waals surface area contributed by atoms with Crippen molar-refractivity contribution in [3.8, 4) is 5.75 Å². The van der Waals surface area contributed by atoms with Gasteiger partial charge in [0.2, 0.25) is 0 Å². The molecule has 0 saturated heterocycles. The van der Waals surface area contributed by atoms with Crippen LogP contribution in [0.3, 0.4) is 0 Å². The van der Waals surface area contributed by atoms with Gasteiger partial charge in [0.25, 0.3) is 5.91 Å². The first kappa shape index (κ1) is 20.6. The molecule has 1 heterocycles. The summed E-state index contributed by atoms with van der Waals surface area (Å²) in [6, 6.07) is 7.19. The maximum atomic E-state index is 12.2. The molecule has 0 aliphatic carbocycles. The van der Waals surface area contributed by atoms with Crippen LogP contribution in [-0.4, -0.2) is 35.6 Å². The number of carbonyl (C=O) groups excluding carboxylic acids is 1. The van der Waals surface area contributed by atoms with Crippen molar-refractivity contribution in [1.29, 1.82) is 0 Å². The van der Waals surface area contributed by atoms with Crippen LogP contribution >= 0.6 is 11.8 Å². The number of benzene rings is 1. The predicted octanol–water partition coefficient (Wildman–Crippen LogP) is 3.38. The van der Waals surface area contributed by atoms with Gasteiger partial charge >= 0.3 is 5.97 Å². The van der Waals surface area contributed by atoms with Crippen molar-refractivity contribution in [2.75, 3.05) is 12.9 Å². The van der Waals surface area contributed by atoms with Gasteiger partial charge in [0, 0.05) is 11.3 Å². The Labute approximate surface area is 161 Å². The number of hydrogen-bond donors (Lipinski definition) is 2. The molecule has 0 fully saturated rings. The van der Waals surface area contributed by atoms with Crippen LogP contribution in [-0.2, 0) is 10.5 Å². The molecule has 1 aromatic heterocycles. The topological polar surface area (TPSA) is 101 Å². The fourth-order valence-corrected chi connectivity index (χ4v) is 3.20. The number of ether oxygens (including phenoxy) is 1. The molecule has 144 valence electrons. The van der Waals surface area contributed by atoms with E-state index in [4.69, 9.17) is 14.3 Å². The van der Waals surface area contributed by atoms with Crippen molar-refractivity contribution >= 4 is 29.4 Å². The first-order chi connectivity index (χ1) is 12.8. The Morgan fingerprint density at radius 3 is 2.63 bits per heavy atom. The van der Waals surface area contributed by atoms with Crippen LogP contribution in [0.25, 0.3) is 0 Å². The molecule has 1 amide bonds. The van der Waals surface area contributed by atoms with E-state index in [1.165, 1.54) is 11.8 Å². The highest BCUT2D eigenvalue weighted by atomic mass is 32.2. The number of hydrazone groups is 1. The van der Waals surface area contributed by atoms with Gasteiger partial charge in [-0.05, 0) is 50.6 Å². The summed E-state index contributed by atoms with van der Waals surface area (Å²) in [7, 11) is 1.57. The zero-order chi connectivity index (χ0) is 20.0. The van der Waals surface area contributed by atoms with Gasteiger partial charge in [0.15, 0.2) is 0 Å². The molecule has 1 aromatic carbocycles. The van der Waals surface area contributed by atoms with E-state index in [0.717, 1.165) is 11.1 Å². The second kappa shape index (κ2) is 9.27. The molecule has 7 nitrogen and oxygen atoms in total. The van der Waals surface area contributed by atoms with E-state index in [0.29, 0.717) is 34.3 Å². The van der Waals surface area contributed by atoms with E-state index in [-0.39, 0.29) is 11.7 Å². The third-order valence-corrected chi connectivity index (χ3v) is 4.76. The number of amides is 1. The van der Waals surface area contributed by atoms with E-state index in [2.05, 4.69) is 10.5 Å². The zero-order valence-electron chi connectivity index (χ0n) is 15.7. The van der Waals surface area contributed by atoms with Crippen LogP contribution in [0.5, 0.6) is 5.75 Å². The third kappa shape index (κ3) is 5.62. The Balaban J connectivity index is 2.13. The van der Waals surface area contributed by atoms with Crippen molar-refractivity contribution in [2.45, 2.75) is 26.5 Å². The van der Waals surface area contributed by atoms with E-state index >= 15 is 0 Å². The van der Waals surface area contributed by atoms with Crippen LogP contribution in [0.4, 0.5) is 0 Å². The van der Waals surface area contributed by atoms with Gasteiger partial charge in [-0.15, -0.1) is 11.8 Å². The summed E-state index contributed by atoms with van der Waals surface area (Å²) in [6.45, 7) is 5.28. The summed E-state index contributed by atoms with van der Waals surface area (Å²) in [5.74, 6) is 1.20. The second-order valence-corrected chi connectivity index (χ2v) is 6.86. The molecule has 0 radical (unpaired) electrons. The number of rotatable bonds is 8. The highest BCUT2D eigenvalue weighted by Gasteiger charge is 2.13. The van der Waals surface area contributed by atoms with Gasteiger partial charge in [-0.2, -0.15) is 5.10 Å². The van der Waals surface area contributed by atoms with Gasteiger partial charge in [-0.1, -0.05) is 0 Å². The Hall–Kier alpha value is -2.74. The molecular formula is C19H22N2O5S. The summed E-state index contributed by atoms with van der Waals surface area (Å²) in [4.78, 5) is 22.9. The van der Waals surface area contributed by atoms with E-state index in [9.17, 15) is 9.59 Å². The SMILES string of the molecule is COc1ccc(/C(C)=N\NC(=O)c2cc(C)oc2C)cc1CSCC(=O)O. The van der Waals surface area contributed by atoms with Gasteiger partial charge in [-0.3, -0.25) is 9.59 Å². The van der Waals surface area contributed by atoms with Crippen LogP contribution in [0.15, 0.2) is 33.8 Å². The van der Waals surface area contributed by atoms with Crippen LogP contribution < -0.4 is 10.2 Å². The second-order valence-electron chi connectivity index (χ2n) is 5.88. The molecule has 2 N–H and O–H groups in total. The normalized spacial score (nSPS) is 11.3. The van der Waals surface area contributed by atoms with Gasteiger partial charge in [0.1, 0.15) is 17.3 Å². The van der Waals surface area contributed by atoms with Crippen molar-refractivity contribution in [2.24, 2.45) is 5.10 Å². The smallest absolute Gasteiger partial charge is 0.313 e. The van der Waals surface area contributed by atoms with E-state index in [1.54, 1.807) is 40.0 Å². The molecule has 27 heavy (non-hydrogen) atoms. The molecule has 0 spiro atoms. The van der Waals surface area contributed by atoms with Crippen molar-refractivity contribution in [3.63, 3.8) is 0 Å². The van der Waals surface area contributed by atoms with E-state index in [1.807, 2.05) is 12.1 Å². The lowest BCUT2D eigenvalue weighted by molar-refractivity contribution is -0.133. The minimum atomic E-state index is -0.861. The maximum Gasteiger partial charge on any atom is 0.313 e. The maximum absolute atomic E-state index is 12.2. The standard InChI is InChI=1S/C19H22N2O5S/c1-11-7-16(13(3)26-11)19(24)21-20-12(2)14-5-6-17(25-4)15(8-14)9-27-10-18(22)23/h5-8H,9-10H2,1-4H3,(H,21,24)(H,22,23)/b20-12-. The number of carbonyl (C=O) groups is 2. The lowest BCUT2D eigenvalue weighted by atomic mass is 10.1. The fraction of sp³-hybridized carbons (Fsp3) is 0.316. The molecule has 2 rings (SSSR count). The summed E-state index contributed by atoms with van der Waals surface area (Å²) < 4.78 is 10.7. The van der Waals surface area contributed by atoms with Crippen molar-refractivity contribution in [3.05, 3.63) is 52.5 Å². The van der Waals surface area contributed by atoms with Crippen LogP contribution in [0.1, 0.15) is 39.9 Å². The number of carboxylic acid groups (broad SMARTS) is 1. The van der Waals surface area contributed by atoms with Crippen LogP contribution in [0, 0.1) is 13.8 Å². The number of nitrogens with one attached hydrogen (secondary N) is 1. The molecule has 0 aliphatic rings. The molecule has 0 aliphatic heterocycles. The lowest BCUT2D eigenvalue weighted by Gasteiger charge is -2.10. The Morgan fingerprint density at radius 2 is 2.04 bits per heavy atom. The summed E-state index contributed by atoms with van der Waals surface area (Å²) >= 11 is 1.28. The molecule has 0 saturated carbocycles. The molecule has 0 atom stereocenters. The predicted molar refractivity (Wildman–Crippen MR) is 105 cm³/mol. The minimum absolute atomic E-state index is 0.0139. The number of hydrogen-bond acceptors (Lipinski definition) is 6. The number of furan rings is 1. The highest BCUT2D eigenvalue weighted by Crippen LogP contribution is 2.25. The monoisotopic (exact) mass is 390 g/mol. The highest BCUT2D eigenvalue weighted by molar-refractivity contribution is 7.99. The minimum Gasteiger partial charge on any atom is -0.496 e. The molecule has 0 bridgehead atoms. The first-order valence-electron chi connectivity index (χ1n) is 8.20. The van der Waals surface area contributed by atoms with Gasteiger partial charge in [0.05, 0.1) is 24.1 Å². The zero-order valence-corrected chi connectivity index (χ0v) is 16.5. The number of methoxy groups -OCH3 is 1. The number of nitrogens with zero attached hydrogens (tertiary/aromatic N) is 1. The molecule has 0 unspecified atom stereocenters. The number of aryl methyl sites for hydroxylation is 2. The summed E-state index contributed by atoms with van der Waals surface area (Å²) in [5, 5.41) is 12.9. The quantitative estimate of drug-likeness (QED) is 0.529.